The second-order valence-corrected chi connectivity index (χ2v) is 5.42. The third-order valence-corrected chi connectivity index (χ3v) is 3.40. The molecule has 0 aliphatic heterocycles. The van der Waals surface area contributed by atoms with Gasteiger partial charge < -0.3 is 6.16 Å². The zero-order valence-electron chi connectivity index (χ0n) is 12.0. The van der Waals surface area contributed by atoms with E-state index in [0.29, 0.717) is 6.61 Å². The Bertz CT molecular complexity index is 673. The molecule has 0 heterocycles. The molecule has 0 unspecified atom stereocenters. The summed E-state index contributed by atoms with van der Waals surface area (Å²) in [6.07, 6.45) is 0.930. The number of ether oxygens (including phenoxy) is 1. The molecule has 2 aromatic carbocycles. The summed E-state index contributed by atoms with van der Waals surface area (Å²) in [5.41, 5.74) is 0. The van der Waals surface area contributed by atoms with E-state index in [0.717, 1.165) is 22.9 Å². The van der Waals surface area contributed by atoms with Crippen LogP contribution in [0.15, 0.2) is 41.3 Å². The largest absolute Gasteiger partial charge is 1.00 e. The minimum absolute atomic E-state index is 0. The van der Waals surface area contributed by atoms with E-state index >= 15 is 0 Å². The van der Waals surface area contributed by atoms with Gasteiger partial charge in [-0.05, 0) is 41.5 Å². The summed E-state index contributed by atoms with van der Waals surface area (Å²) >= 11 is 0. The molecule has 0 aliphatic carbocycles. The molecule has 2 rings (SSSR count). The number of hydrogen-bond acceptors (Lipinski definition) is 3. The zero-order valence-corrected chi connectivity index (χ0v) is 13.8. The van der Waals surface area contributed by atoms with E-state index in [9.17, 15) is 8.42 Å². The van der Waals surface area contributed by atoms with E-state index < -0.39 is 10.1 Å². The first-order valence-electron chi connectivity index (χ1n) is 5.65. The van der Waals surface area contributed by atoms with E-state index in [1.54, 1.807) is 18.2 Å². The first kappa shape index (κ1) is 16.5. The van der Waals surface area contributed by atoms with Crippen LogP contribution in [-0.4, -0.2) is 19.6 Å². The van der Waals surface area contributed by atoms with E-state index in [2.05, 4.69) is 0 Å². The van der Waals surface area contributed by atoms with Crippen molar-refractivity contribution in [2.45, 2.75) is 18.2 Å². The zero-order chi connectivity index (χ0) is 13.2. The van der Waals surface area contributed by atoms with Crippen LogP contribution in [-0.2, 0) is 10.1 Å². The quantitative estimate of drug-likeness (QED) is 0.635. The van der Waals surface area contributed by atoms with Gasteiger partial charge in [-0.1, -0.05) is 19.1 Å². The average Bonchev–Trinajstić information content (AvgIpc) is 2.34. The summed E-state index contributed by atoms with van der Waals surface area (Å²) in [6, 6.07) is 9.87. The normalized spacial score (nSPS) is 11.1. The molecule has 2 aromatic rings. The predicted molar refractivity (Wildman–Crippen MR) is 70.7 cm³/mol. The van der Waals surface area contributed by atoms with E-state index in [1.807, 2.05) is 13.0 Å². The van der Waals surface area contributed by atoms with E-state index in [4.69, 9.17) is 9.29 Å². The summed E-state index contributed by atoms with van der Waals surface area (Å²) in [5.74, 6) is 0.754. The maximum absolute atomic E-state index is 11.0. The number of fused-ring (bicyclic) bond motifs is 1. The Morgan fingerprint density at radius 3 is 2.42 bits per heavy atom. The number of hydrogen-bond donors (Lipinski definition) is 1. The molecule has 0 aliphatic rings. The minimum atomic E-state index is -4.15. The Balaban J connectivity index is 0.00000180. The van der Waals surface area contributed by atoms with Gasteiger partial charge in [0.1, 0.15) is 5.75 Å². The van der Waals surface area contributed by atoms with Crippen molar-refractivity contribution in [3.8, 4) is 5.75 Å². The molecule has 19 heavy (non-hydrogen) atoms. The molecular weight excluding hydrogens is 275 g/mol. The van der Waals surface area contributed by atoms with Crippen LogP contribution in [0.1, 0.15) is 14.8 Å². The van der Waals surface area contributed by atoms with Gasteiger partial charge in [-0.15, -0.1) is 0 Å². The Morgan fingerprint density at radius 2 is 1.79 bits per heavy atom. The molecule has 0 atom stereocenters. The molecular formula is C13H15NaO4S. The molecule has 98 valence electrons. The molecule has 0 aromatic heterocycles. The Kier molecular flexibility index (Phi) is 5.82. The molecule has 0 saturated heterocycles. The van der Waals surface area contributed by atoms with Crippen LogP contribution in [0.5, 0.6) is 5.75 Å². The molecule has 0 fully saturated rings. The summed E-state index contributed by atoms with van der Waals surface area (Å²) in [7, 11) is -4.15. The van der Waals surface area contributed by atoms with Gasteiger partial charge in [0, 0.05) is 0 Å². The van der Waals surface area contributed by atoms with E-state index in [1.165, 1.54) is 12.1 Å². The Labute approximate surface area is 136 Å². The van der Waals surface area contributed by atoms with Crippen molar-refractivity contribution in [1.82, 2.24) is 0 Å². The third kappa shape index (κ3) is 4.19. The Hall–Kier alpha value is -0.590. The van der Waals surface area contributed by atoms with Gasteiger partial charge in [-0.2, -0.15) is 8.42 Å². The van der Waals surface area contributed by atoms with Crippen molar-refractivity contribution >= 4 is 20.9 Å². The van der Waals surface area contributed by atoms with Gasteiger partial charge >= 0.3 is 29.6 Å². The summed E-state index contributed by atoms with van der Waals surface area (Å²) in [6.45, 7) is 2.67. The molecule has 0 bridgehead atoms. The summed E-state index contributed by atoms with van der Waals surface area (Å²) in [4.78, 5) is -0.0998. The molecule has 0 spiro atoms. The van der Waals surface area contributed by atoms with Gasteiger partial charge in [0.25, 0.3) is 10.1 Å². The van der Waals surface area contributed by atoms with Crippen molar-refractivity contribution < 1.29 is 48.7 Å². The fourth-order valence-electron chi connectivity index (χ4n) is 1.67. The maximum atomic E-state index is 11.0. The monoisotopic (exact) mass is 290 g/mol. The molecule has 1 N–H and O–H groups in total. The molecule has 4 nitrogen and oxygen atoms in total. The average molecular weight is 290 g/mol. The van der Waals surface area contributed by atoms with Gasteiger partial charge in [0.2, 0.25) is 0 Å². The van der Waals surface area contributed by atoms with Crippen LogP contribution in [0, 0.1) is 0 Å². The van der Waals surface area contributed by atoms with E-state index in [-0.39, 0.29) is 35.9 Å². The van der Waals surface area contributed by atoms with Crippen molar-refractivity contribution in [3.05, 3.63) is 36.4 Å². The van der Waals surface area contributed by atoms with Gasteiger partial charge in [0.15, 0.2) is 0 Å². The molecule has 6 heteroatoms. The summed E-state index contributed by atoms with van der Waals surface area (Å²) in [5, 5.41) is 1.62. The fourth-order valence-corrected chi connectivity index (χ4v) is 2.19. The van der Waals surface area contributed by atoms with Gasteiger partial charge in [-0.25, -0.2) is 0 Å². The van der Waals surface area contributed by atoms with Gasteiger partial charge in [0.05, 0.1) is 11.5 Å². The standard InChI is InChI=1S/C13H14O4S.Na.H/c1-2-7-17-12-5-3-11-9-13(18(14,15)16)6-4-10(11)8-12;;/h3-6,8-9H,2,7H2,1H3,(H,14,15,16);;/q;+1;-1. The first-order chi connectivity index (χ1) is 8.50. The SMILES string of the molecule is CCCOc1ccc2cc(S(=O)(=O)O)ccc2c1.[H-].[Na+]. The first-order valence-corrected chi connectivity index (χ1v) is 7.09. The fraction of sp³-hybridized carbons (Fsp3) is 0.231. The van der Waals surface area contributed by atoms with Crippen molar-refractivity contribution in [2.24, 2.45) is 0 Å². The van der Waals surface area contributed by atoms with Crippen LogP contribution in [0.3, 0.4) is 0 Å². The number of benzene rings is 2. The summed E-state index contributed by atoms with van der Waals surface area (Å²) < 4.78 is 36.5. The van der Waals surface area contributed by atoms with Crippen LogP contribution in [0.25, 0.3) is 10.8 Å². The molecule has 0 saturated carbocycles. The minimum Gasteiger partial charge on any atom is -1.00 e. The second-order valence-electron chi connectivity index (χ2n) is 3.99. The van der Waals surface area contributed by atoms with Crippen molar-refractivity contribution in [1.29, 1.82) is 0 Å². The van der Waals surface area contributed by atoms with Crippen LogP contribution < -0.4 is 34.3 Å². The third-order valence-electron chi connectivity index (χ3n) is 2.55. The predicted octanol–water partition coefficient (Wildman–Crippen LogP) is -0.00820. The van der Waals surface area contributed by atoms with Crippen LogP contribution in [0.2, 0.25) is 0 Å². The number of rotatable bonds is 4. The molecule has 0 amide bonds. The van der Waals surface area contributed by atoms with Crippen molar-refractivity contribution in [2.75, 3.05) is 6.61 Å². The molecule has 0 radical (unpaired) electrons. The maximum Gasteiger partial charge on any atom is 1.00 e. The topological polar surface area (TPSA) is 63.6 Å². The van der Waals surface area contributed by atoms with Gasteiger partial charge in [-0.3, -0.25) is 4.55 Å². The van der Waals surface area contributed by atoms with Crippen LogP contribution in [0.4, 0.5) is 0 Å². The van der Waals surface area contributed by atoms with Crippen molar-refractivity contribution in [3.63, 3.8) is 0 Å². The van der Waals surface area contributed by atoms with Crippen LogP contribution >= 0.6 is 0 Å². The smallest absolute Gasteiger partial charge is 1.00 e. The second kappa shape index (κ2) is 6.72. The Morgan fingerprint density at radius 1 is 1.16 bits per heavy atom.